The van der Waals surface area contributed by atoms with Gasteiger partial charge in [0.1, 0.15) is 35.8 Å². The van der Waals surface area contributed by atoms with E-state index in [1.54, 1.807) is 30.9 Å². The van der Waals surface area contributed by atoms with Gasteiger partial charge in [-0.2, -0.15) is 0 Å². The second-order valence-electron chi connectivity index (χ2n) is 12.6. The summed E-state index contributed by atoms with van der Waals surface area (Å²) >= 11 is 0. The van der Waals surface area contributed by atoms with Gasteiger partial charge in [0.2, 0.25) is 24.0 Å². The Hall–Kier alpha value is -3.14. The second kappa shape index (κ2) is 15.0. The number of hydrogen-bond acceptors (Lipinski definition) is 10. The third-order valence-corrected chi connectivity index (χ3v) is 8.26. The Bertz CT molecular complexity index is 1310. The van der Waals surface area contributed by atoms with Crippen LogP contribution in [0.2, 0.25) is 0 Å². The van der Waals surface area contributed by atoms with Gasteiger partial charge in [-0.3, -0.25) is 14.7 Å². The summed E-state index contributed by atoms with van der Waals surface area (Å²) in [5, 5.41) is 53.2. The number of aliphatic hydroxyl groups is 4. The molecule has 0 unspecified atom stereocenters. The molecule has 7 N–H and O–H groups in total. The maximum Gasteiger partial charge on any atom is 0.247 e. The van der Waals surface area contributed by atoms with Crippen LogP contribution >= 0.6 is 0 Å². The van der Waals surface area contributed by atoms with Crippen LogP contribution < -0.4 is 15.4 Å². The van der Waals surface area contributed by atoms with Gasteiger partial charge < -0.3 is 45.4 Å². The Morgan fingerprint density at radius 1 is 1.18 bits per heavy atom. The molecule has 2 fully saturated rings. The first-order valence-corrected chi connectivity index (χ1v) is 15.4. The molecule has 4 rings (SSSR count). The quantitative estimate of drug-likeness (QED) is 0.168. The zero-order valence-electron chi connectivity index (χ0n) is 26.3. The predicted molar refractivity (Wildman–Crippen MR) is 161 cm³/mol. The number of ether oxygens (including phenoxy) is 2. The van der Waals surface area contributed by atoms with Gasteiger partial charge in [0.15, 0.2) is 0 Å². The van der Waals surface area contributed by atoms with E-state index in [1.165, 1.54) is 6.07 Å². The number of rotatable bonds is 12. The fourth-order valence-corrected chi connectivity index (χ4v) is 5.64. The third-order valence-electron chi connectivity index (χ3n) is 8.26. The number of nitrogens with zero attached hydrogens (tertiary/aromatic N) is 2. The van der Waals surface area contributed by atoms with Crippen molar-refractivity contribution in [2.75, 3.05) is 32.8 Å². The van der Waals surface area contributed by atoms with Gasteiger partial charge in [-0.1, -0.05) is 26.0 Å². The molecule has 45 heavy (non-hydrogen) atoms. The number of halogens is 1. The lowest BCUT2D eigenvalue weighted by Crippen LogP contribution is -2.60. The average molecular weight is 636 g/mol. The van der Waals surface area contributed by atoms with Gasteiger partial charge in [0, 0.05) is 50.3 Å². The van der Waals surface area contributed by atoms with Crippen LogP contribution in [-0.4, -0.2) is 116 Å². The maximum absolute atomic E-state index is 15.3. The van der Waals surface area contributed by atoms with Gasteiger partial charge in [0.25, 0.3) is 0 Å². The molecular weight excluding hydrogens is 589 g/mol. The van der Waals surface area contributed by atoms with Crippen molar-refractivity contribution in [1.29, 1.82) is 0 Å². The number of amides is 2. The van der Waals surface area contributed by atoms with Gasteiger partial charge in [-0.05, 0) is 49.8 Å². The highest BCUT2D eigenvalue weighted by molar-refractivity contribution is 5.90. The van der Waals surface area contributed by atoms with Crippen molar-refractivity contribution in [2.24, 2.45) is 0 Å². The molecule has 14 heteroatoms. The van der Waals surface area contributed by atoms with Crippen molar-refractivity contribution < 1.29 is 43.9 Å². The van der Waals surface area contributed by atoms with Crippen LogP contribution in [0, 0.1) is 5.82 Å². The molecule has 2 amide bonds. The van der Waals surface area contributed by atoms with Crippen LogP contribution in [0.25, 0.3) is 0 Å². The lowest BCUT2D eigenvalue weighted by Gasteiger charge is -2.39. The second-order valence-corrected chi connectivity index (χ2v) is 12.6. The van der Waals surface area contributed by atoms with E-state index in [0.717, 1.165) is 13.1 Å². The molecule has 0 radical (unpaired) electrons. The monoisotopic (exact) mass is 635 g/mol. The van der Waals surface area contributed by atoms with E-state index >= 15 is 4.39 Å². The molecule has 2 aromatic rings. The Kier molecular flexibility index (Phi) is 11.6. The SMILES string of the molecule is CC(C)c1[nH]nc(O[C@@H]2O[C@H](CO)[C@H](O)[C@H](O)[C@H]2O)c1Cc1ccc(CCCC(=O)NC(C)(C)C(=O)N2CCNCC2)cc1F. The van der Waals surface area contributed by atoms with Crippen LogP contribution in [0.1, 0.15) is 68.8 Å². The van der Waals surface area contributed by atoms with Gasteiger partial charge in [-0.25, -0.2) is 4.39 Å². The lowest BCUT2D eigenvalue weighted by molar-refractivity contribution is -0.278. The fourth-order valence-electron chi connectivity index (χ4n) is 5.64. The minimum absolute atomic E-state index is 0.0368. The predicted octanol–water partition coefficient (Wildman–Crippen LogP) is 0.0910. The van der Waals surface area contributed by atoms with Crippen LogP contribution in [-0.2, 0) is 27.2 Å². The highest BCUT2D eigenvalue weighted by Crippen LogP contribution is 2.32. The Morgan fingerprint density at radius 2 is 1.89 bits per heavy atom. The van der Waals surface area contributed by atoms with Crippen molar-refractivity contribution in [3.8, 4) is 5.88 Å². The van der Waals surface area contributed by atoms with E-state index in [2.05, 4.69) is 20.8 Å². The number of aliphatic hydroxyl groups excluding tert-OH is 4. The van der Waals surface area contributed by atoms with Crippen LogP contribution in [0.5, 0.6) is 5.88 Å². The van der Waals surface area contributed by atoms with E-state index in [0.29, 0.717) is 48.3 Å². The van der Waals surface area contributed by atoms with E-state index in [1.807, 2.05) is 13.8 Å². The number of benzene rings is 1. The summed E-state index contributed by atoms with van der Waals surface area (Å²) in [6.45, 7) is 9.30. The number of H-pyrrole nitrogens is 1. The maximum atomic E-state index is 15.3. The minimum atomic E-state index is -1.62. The van der Waals surface area contributed by atoms with Gasteiger partial charge in [0.05, 0.1) is 6.61 Å². The van der Waals surface area contributed by atoms with E-state index < -0.39 is 48.7 Å². The summed E-state index contributed by atoms with van der Waals surface area (Å²) in [6, 6.07) is 4.88. The molecule has 13 nitrogen and oxygen atoms in total. The van der Waals surface area contributed by atoms with Crippen molar-refractivity contribution >= 4 is 11.8 Å². The van der Waals surface area contributed by atoms with Crippen molar-refractivity contribution in [3.05, 3.63) is 46.4 Å². The van der Waals surface area contributed by atoms with E-state index in [9.17, 15) is 30.0 Å². The molecule has 3 heterocycles. The zero-order valence-corrected chi connectivity index (χ0v) is 26.3. The average Bonchev–Trinajstić information content (AvgIpc) is 3.40. The van der Waals surface area contributed by atoms with E-state index in [4.69, 9.17) is 9.47 Å². The summed E-state index contributed by atoms with van der Waals surface area (Å²) in [5.41, 5.74) is 1.28. The first kappa shape index (κ1) is 34.7. The topological polar surface area (TPSA) is 190 Å². The molecule has 0 bridgehead atoms. The smallest absolute Gasteiger partial charge is 0.247 e. The number of hydrogen-bond donors (Lipinski definition) is 7. The molecule has 5 atom stereocenters. The van der Waals surface area contributed by atoms with Crippen LogP contribution in [0.3, 0.4) is 0 Å². The Morgan fingerprint density at radius 3 is 2.53 bits per heavy atom. The summed E-state index contributed by atoms with van der Waals surface area (Å²) in [5.74, 6) is -0.806. The number of nitrogens with one attached hydrogen (secondary N) is 3. The number of aromatic nitrogens is 2. The summed E-state index contributed by atoms with van der Waals surface area (Å²) in [4.78, 5) is 27.2. The van der Waals surface area contributed by atoms with Crippen molar-refractivity contribution in [3.63, 3.8) is 0 Å². The lowest BCUT2D eigenvalue weighted by atomic mass is 9.97. The molecule has 250 valence electrons. The Balaban J connectivity index is 1.36. The zero-order chi connectivity index (χ0) is 32.9. The molecule has 1 aromatic heterocycles. The van der Waals surface area contributed by atoms with E-state index in [-0.39, 0.29) is 36.5 Å². The molecule has 2 aliphatic heterocycles. The fraction of sp³-hybridized carbons (Fsp3) is 0.645. The molecule has 1 aromatic carbocycles. The summed E-state index contributed by atoms with van der Waals surface area (Å²) in [6.07, 6.45) is -6.13. The number of carbonyl (C=O) groups is 2. The summed E-state index contributed by atoms with van der Waals surface area (Å²) in [7, 11) is 0. The number of aromatic amines is 1. The number of aryl methyl sites for hydroxylation is 1. The standard InChI is InChI=1S/C31H46FN5O8/c1-17(2)24-20(28(36-35-24)45-29-27(42)26(41)25(40)22(16-38)44-29)15-19-9-8-18(14-21(19)32)6-5-7-23(39)34-31(3,4)30(43)37-12-10-33-11-13-37/h8-9,14,17,22,25-27,29,33,38,40-42H,5-7,10-13,15-16H2,1-4H3,(H,34,39)(H,35,36)/t22-,25+,26+,27-,29+/m1/s1. The third kappa shape index (κ3) is 8.37. The van der Waals surface area contributed by atoms with Gasteiger partial charge >= 0.3 is 0 Å². The largest absolute Gasteiger partial charge is 0.443 e. The minimum Gasteiger partial charge on any atom is -0.443 e. The molecule has 0 aliphatic carbocycles. The Labute approximate surface area is 262 Å². The van der Waals surface area contributed by atoms with Crippen LogP contribution in [0.15, 0.2) is 18.2 Å². The number of piperazine rings is 1. The van der Waals surface area contributed by atoms with Crippen LogP contribution in [0.4, 0.5) is 4.39 Å². The molecule has 2 saturated heterocycles. The number of carbonyl (C=O) groups excluding carboxylic acids is 2. The molecular formula is C31H46FN5O8. The van der Waals surface area contributed by atoms with Crippen molar-refractivity contribution in [2.45, 2.75) is 95.5 Å². The van der Waals surface area contributed by atoms with Crippen molar-refractivity contribution in [1.82, 2.24) is 25.7 Å². The molecule has 2 aliphatic rings. The van der Waals surface area contributed by atoms with Gasteiger partial charge in [-0.15, -0.1) is 5.10 Å². The highest BCUT2D eigenvalue weighted by atomic mass is 19.1. The molecule has 0 spiro atoms. The summed E-state index contributed by atoms with van der Waals surface area (Å²) < 4.78 is 26.6. The highest BCUT2D eigenvalue weighted by Gasteiger charge is 2.45. The molecule has 0 saturated carbocycles. The normalized spacial score (nSPS) is 24.1. The first-order chi connectivity index (χ1) is 21.3. The first-order valence-electron chi connectivity index (χ1n) is 15.4.